The molecule has 0 saturated heterocycles. The molecule has 1 aromatic rings. The highest BCUT2D eigenvalue weighted by atomic mass is 16.5. The molecule has 19 heavy (non-hydrogen) atoms. The second-order valence-electron chi connectivity index (χ2n) is 5.32. The lowest BCUT2D eigenvalue weighted by Crippen LogP contribution is -2.35. The third kappa shape index (κ3) is 3.11. The van der Waals surface area contributed by atoms with Gasteiger partial charge in [-0.15, -0.1) is 0 Å². The Labute approximate surface area is 116 Å². The predicted octanol–water partition coefficient (Wildman–Crippen LogP) is 2.94. The van der Waals surface area contributed by atoms with Crippen LogP contribution in [0.15, 0.2) is 6.20 Å². The Kier molecular flexibility index (Phi) is 5.25. The smallest absolute Gasteiger partial charge is 0.160 e. The molecule has 0 amide bonds. The van der Waals surface area contributed by atoms with Crippen LogP contribution in [0.25, 0.3) is 0 Å². The van der Waals surface area contributed by atoms with Gasteiger partial charge in [-0.05, 0) is 26.3 Å². The Morgan fingerprint density at radius 2 is 2.11 bits per heavy atom. The molecule has 0 spiro atoms. The van der Waals surface area contributed by atoms with Crippen molar-refractivity contribution in [2.24, 2.45) is 0 Å². The highest BCUT2D eigenvalue weighted by Gasteiger charge is 2.29. The molecular formula is C15H27N3O. The number of nitrogens with one attached hydrogen (secondary N) is 1. The quantitative estimate of drug-likeness (QED) is 0.832. The van der Waals surface area contributed by atoms with E-state index in [9.17, 15) is 0 Å². The zero-order chi connectivity index (χ0) is 13.7. The van der Waals surface area contributed by atoms with Crippen LogP contribution in [0.1, 0.15) is 57.6 Å². The molecule has 1 N–H and O–H groups in total. The monoisotopic (exact) mass is 265 g/mol. The van der Waals surface area contributed by atoms with Gasteiger partial charge in [0.25, 0.3) is 0 Å². The van der Waals surface area contributed by atoms with Gasteiger partial charge in [-0.3, -0.25) is 4.68 Å². The second-order valence-corrected chi connectivity index (χ2v) is 5.32. The zero-order valence-electron chi connectivity index (χ0n) is 12.5. The number of hydrogen-bond acceptors (Lipinski definition) is 3. The van der Waals surface area contributed by atoms with Crippen molar-refractivity contribution in [2.75, 3.05) is 13.7 Å². The first-order valence-electron chi connectivity index (χ1n) is 7.64. The van der Waals surface area contributed by atoms with Crippen LogP contribution >= 0.6 is 0 Å². The maximum atomic E-state index is 5.54. The highest BCUT2D eigenvalue weighted by Crippen LogP contribution is 2.36. The van der Waals surface area contributed by atoms with Gasteiger partial charge in [0.15, 0.2) is 5.75 Å². The first-order valence-corrected chi connectivity index (χ1v) is 7.64. The van der Waals surface area contributed by atoms with Gasteiger partial charge in [-0.25, -0.2) is 0 Å². The van der Waals surface area contributed by atoms with E-state index in [1.54, 1.807) is 7.11 Å². The molecule has 1 heterocycles. The van der Waals surface area contributed by atoms with E-state index in [-0.39, 0.29) is 0 Å². The minimum Gasteiger partial charge on any atom is -0.493 e. The molecule has 1 saturated carbocycles. The van der Waals surface area contributed by atoms with Crippen LogP contribution in [0.2, 0.25) is 0 Å². The number of aryl methyl sites for hydroxylation is 1. The Balaban J connectivity index is 2.31. The van der Waals surface area contributed by atoms with Crippen LogP contribution < -0.4 is 10.1 Å². The summed E-state index contributed by atoms with van der Waals surface area (Å²) in [7, 11) is 1.75. The molecule has 0 bridgehead atoms. The maximum Gasteiger partial charge on any atom is 0.160 e. The second kappa shape index (κ2) is 6.94. The van der Waals surface area contributed by atoms with Gasteiger partial charge >= 0.3 is 0 Å². The standard InChI is InChI=1S/C15H27N3O/c1-4-16-13-10-8-6-7-9-12(13)15-14(19-3)11-17-18(15)5-2/h11-13,16H,4-10H2,1-3H3. The number of likely N-dealkylation sites (N-methyl/N-ethyl adjacent to an activating group) is 1. The van der Waals surface area contributed by atoms with Gasteiger partial charge in [0, 0.05) is 18.5 Å². The van der Waals surface area contributed by atoms with Crippen molar-refractivity contribution >= 4 is 0 Å². The molecule has 1 aromatic heterocycles. The molecule has 0 aliphatic heterocycles. The molecule has 4 nitrogen and oxygen atoms in total. The van der Waals surface area contributed by atoms with E-state index in [1.165, 1.54) is 37.8 Å². The largest absolute Gasteiger partial charge is 0.493 e. The van der Waals surface area contributed by atoms with E-state index >= 15 is 0 Å². The fourth-order valence-corrected chi connectivity index (χ4v) is 3.30. The van der Waals surface area contributed by atoms with E-state index in [0.717, 1.165) is 18.8 Å². The molecule has 0 radical (unpaired) electrons. The average molecular weight is 265 g/mol. The van der Waals surface area contributed by atoms with Gasteiger partial charge in [0.05, 0.1) is 19.0 Å². The average Bonchev–Trinajstić information content (AvgIpc) is 2.71. The van der Waals surface area contributed by atoms with Crippen molar-refractivity contribution in [1.82, 2.24) is 15.1 Å². The van der Waals surface area contributed by atoms with Crippen molar-refractivity contribution in [3.8, 4) is 5.75 Å². The maximum absolute atomic E-state index is 5.54. The third-order valence-corrected chi connectivity index (χ3v) is 4.20. The van der Waals surface area contributed by atoms with Gasteiger partial charge in [-0.1, -0.05) is 26.2 Å². The summed E-state index contributed by atoms with van der Waals surface area (Å²) in [5.41, 5.74) is 1.29. The summed E-state index contributed by atoms with van der Waals surface area (Å²) >= 11 is 0. The van der Waals surface area contributed by atoms with E-state index in [0.29, 0.717) is 12.0 Å². The fraction of sp³-hybridized carbons (Fsp3) is 0.800. The Hall–Kier alpha value is -1.03. The Morgan fingerprint density at radius 3 is 2.79 bits per heavy atom. The van der Waals surface area contributed by atoms with Crippen LogP contribution in [0.4, 0.5) is 0 Å². The summed E-state index contributed by atoms with van der Waals surface area (Å²) in [5.74, 6) is 1.48. The third-order valence-electron chi connectivity index (χ3n) is 4.20. The molecule has 1 aliphatic carbocycles. The molecule has 1 aliphatic rings. The summed E-state index contributed by atoms with van der Waals surface area (Å²) in [5, 5.41) is 8.14. The lowest BCUT2D eigenvalue weighted by Gasteiger charge is -2.27. The summed E-state index contributed by atoms with van der Waals surface area (Å²) in [4.78, 5) is 0. The van der Waals surface area contributed by atoms with Gasteiger partial charge in [0.1, 0.15) is 0 Å². The van der Waals surface area contributed by atoms with E-state index < -0.39 is 0 Å². The van der Waals surface area contributed by atoms with Crippen molar-refractivity contribution < 1.29 is 4.74 Å². The number of ether oxygens (including phenoxy) is 1. The number of aromatic nitrogens is 2. The first-order chi connectivity index (χ1) is 9.31. The number of hydrogen-bond donors (Lipinski definition) is 1. The molecule has 1 fully saturated rings. The molecule has 2 atom stereocenters. The van der Waals surface area contributed by atoms with Gasteiger partial charge in [0.2, 0.25) is 0 Å². The molecule has 2 unspecified atom stereocenters. The van der Waals surface area contributed by atoms with Crippen LogP contribution in [-0.2, 0) is 6.54 Å². The van der Waals surface area contributed by atoms with Crippen molar-refractivity contribution in [1.29, 1.82) is 0 Å². The summed E-state index contributed by atoms with van der Waals surface area (Å²) < 4.78 is 7.65. The normalized spacial score (nSPS) is 24.2. The van der Waals surface area contributed by atoms with Crippen molar-refractivity contribution in [2.45, 2.75) is 64.5 Å². The van der Waals surface area contributed by atoms with Crippen LogP contribution in [0.5, 0.6) is 5.75 Å². The SMILES string of the molecule is CCNC1CCCCCC1c1c(OC)cnn1CC. The fourth-order valence-electron chi connectivity index (χ4n) is 3.30. The number of methoxy groups -OCH3 is 1. The van der Waals surface area contributed by atoms with Crippen LogP contribution in [0.3, 0.4) is 0 Å². The van der Waals surface area contributed by atoms with E-state index in [1.807, 2.05) is 6.20 Å². The molecular weight excluding hydrogens is 238 g/mol. The minimum absolute atomic E-state index is 0.528. The van der Waals surface area contributed by atoms with E-state index in [2.05, 4.69) is 28.9 Å². The summed E-state index contributed by atoms with van der Waals surface area (Å²) in [6.07, 6.45) is 8.35. The van der Waals surface area contributed by atoms with Crippen LogP contribution in [-0.4, -0.2) is 29.5 Å². The number of rotatable bonds is 5. The molecule has 2 rings (SSSR count). The zero-order valence-corrected chi connectivity index (χ0v) is 12.5. The minimum atomic E-state index is 0.528. The topological polar surface area (TPSA) is 39.1 Å². The highest BCUT2D eigenvalue weighted by molar-refractivity contribution is 5.30. The molecule has 0 aromatic carbocycles. The first kappa shape index (κ1) is 14.4. The van der Waals surface area contributed by atoms with Crippen molar-refractivity contribution in [3.05, 3.63) is 11.9 Å². The van der Waals surface area contributed by atoms with Crippen LogP contribution in [0, 0.1) is 0 Å². The van der Waals surface area contributed by atoms with Gasteiger partial charge < -0.3 is 10.1 Å². The molecule has 4 heteroatoms. The Bertz CT molecular complexity index is 367. The Morgan fingerprint density at radius 1 is 1.32 bits per heavy atom. The lowest BCUT2D eigenvalue weighted by molar-refractivity contribution is 0.365. The summed E-state index contributed by atoms with van der Waals surface area (Å²) in [6, 6.07) is 0.559. The lowest BCUT2D eigenvalue weighted by atomic mass is 9.90. The van der Waals surface area contributed by atoms with Crippen molar-refractivity contribution in [3.63, 3.8) is 0 Å². The predicted molar refractivity (Wildman–Crippen MR) is 77.7 cm³/mol. The summed E-state index contributed by atoms with van der Waals surface area (Å²) in [6.45, 7) is 6.28. The van der Waals surface area contributed by atoms with E-state index in [4.69, 9.17) is 4.74 Å². The number of nitrogens with zero attached hydrogens (tertiary/aromatic N) is 2. The van der Waals surface area contributed by atoms with Gasteiger partial charge in [-0.2, -0.15) is 5.10 Å². The molecule has 108 valence electrons.